The smallest absolute Gasteiger partial charge is 0.223 e. The quantitative estimate of drug-likeness (QED) is 0.718. The molecule has 1 fully saturated rings. The Kier molecular flexibility index (Phi) is 5.84. The van der Waals surface area contributed by atoms with Crippen LogP contribution in [-0.2, 0) is 4.79 Å². The molecule has 1 unspecified atom stereocenters. The number of hydrogen-bond acceptors (Lipinski definition) is 3. The van der Waals surface area contributed by atoms with Crippen LogP contribution in [0.25, 0.3) is 0 Å². The van der Waals surface area contributed by atoms with Gasteiger partial charge in [-0.15, -0.1) is 0 Å². The lowest BCUT2D eigenvalue weighted by Crippen LogP contribution is -2.40. The lowest BCUT2D eigenvalue weighted by molar-refractivity contribution is -0.131. The fraction of sp³-hybridized carbons (Fsp3) is 0.286. The summed E-state index contributed by atoms with van der Waals surface area (Å²) in [6.45, 7) is 0.567. The van der Waals surface area contributed by atoms with Gasteiger partial charge in [-0.25, -0.2) is 0 Å². The van der Waals surface area contributed by atoms with Crippen LogP contribution < -0.4 is 0 Å². The predicted octanol–water partition coefficient (Wildman–Crippen LogP) is 4.18. The Morgan fingerprint density at radius 2 is 1.62 bits per heavy atom. The van der Waals surface area contributed by atoms with Crippen LogP contribution in [-0.4, -0.2) is 35.0 Å². The Morgan fingerprint density at radius 1 is 0.923 bits per heavy atom. The third-order valence-electron chi connectivity index (χ3n) is 4.67. The molecule has 134 valence electrons. The zero-order valence-corrected chi connectivity index (χ0v) is 15.1. The number of rotatable bonds is 6. The monoisotopic (exact) mass is 369 g/mol. The summed E-state index contributed by atoms with van der Waals surface area (Å²) in [7, 11) is 0. The van der Waals surface area contributed by atoms with Crippen molar-refractivity contribution in [3.05, 3.63) is 70.7 Å². The van der Waals surface area contributed by atoms with E-state index in [0.717, 1.165) is 6.42 Å². The van der Waals surface area contributed by atoms with E-state index in [1.165, 1.54) is 0 Å². The van der Waals surface area contributed by atoms with Crippen LogP contribution in [0, 0.1) is 0 Å². The van der Waals surface area contributed by atoms with Gasteiger partial charge >= 0.3 is 0 Å². The van der Waals surface area contributed by atoms with Crippen LogP contribution in [0.15, 0.2) is 54.6 Å². The number of amides is 1. The Hall–Kier alpha value is -2.46. The largest absolute Gasteiger partial charge is 0.332 e. The van der Waals surface area contributed by atoms with Crippen molar-refractivity contribution in [1.29, 1.82) is 0 Å². The van der Waals surface area contributed by atoms with E-state index >= 15 is 0 Å². The maximum Gasteiger partial charge on any atom is 0.223 e. The maximum absolute atomic E-state index is 12.7. The van der Waals surface area contributed by atoms with Gasteiger partial charge in [0.15, 0.2) is 11.6 Å². The van der Waals surface area contributed by atoms with E-state index in [4.69, 9.17) is 11.6 Å². The predicted molar refractivity (Wildman–Crippen MR) is 101 cm³/mol. The Morgan fingerprint density at radius 3 is 2.31 bits per heavy atom. The number of benzene rings is 2. The highest BCUT2D eigenvalue weighted by molar-refractivity contribution is 6.30. The summed E-state index contributed by atoms with van der Waals surface area (Å²) in [5.74, 6) is -0.264. The summed E-state index contributed by atoms with van der Waals surface area (Å²) in [5.41, 5.74) is 1.16. The molecule has 1 saturated heterocycles. The molecule has 3 rings (SSSR count). The fourth-order valence-electron chi connectivity index (χ4n) is 3.28. The van der Waals surface area contributed by atoms with Crippen molar-refractivity contribution in [3.8, 4) is 0 Å². The highest BCUT2D eigenvalue weighted by atomic mass is 35.5. The zero-order chi connectivity index (χ0) is 18.5. The summed E-state index contributed by atoms with van der Waals surface area (Å²) >= 11 is 5.82. The van der Waals surface area contributed by atoms with Crippen LogP contribution >= 0.6 is 11.6 Å². The summed E-state index contributed by atoms with van der Waals surface area (Å²) in [4.78, 5) is 39.1. The first kappa shape index (κ1) is 18.3. The maximum atomic E-state index is 12.7. The summed E-state index contributed by atoms with van der Waals surface area (Å²) in [5, 5.41) is 0.567. The van der Waals surface area contributed by atoms with Gasteiger partial charge in [0.1, 0.15) is 0 Å². The van der Waals surface area contributed by atoms with Gasteiger partial charge in [-0.05, 0) is 37.1 Å². The van der Waals surface area contributed by atoms with E-state index in [9.17, 15) is 14.4 Å². The summed E-state index contributed by atoms with van der Waals surface area (Å²) in [6.07, 6.45) is 1.72. The number of hydrogen-bond donors (Lipinski definition) is 0. The highest BCUT2D eigenvalue weighted by Gasteiger charge is 2.34. The van der Waals surface area contributed by atoms with Gasteiger partial charge in [0.05, 0.1) is 6.04 Å². The molecule has 0 N–H and O–H groups in total. The molecule has 0 aromatic heterocycles. The molecule has 1 aliphatic heterocycles. The second-order valence-corrected chi connectivity index (χ2v) is 6.84. The van der Waals surface area contributed by atoms with E-state index in [-0.39, 0.29) is 30.3 Å². The number of ketones is 2. The number of likely N-dealkylation sites (tertiary alicyclic amines) is 1. The molecule has 1 amide bonds. The second-order valence-electron chi connectivity index (χ2n) is 6.41. The lowest BCUT2D eigenvalue weighted by Gasteiger charge is -2.23. The van der Waals surface area contributed by atoms with Gasteiger partial charge in [-0.1, -0.05) is 41.9 Å². The van der Waals surface area contributed by atoms with Crippen molar-refractivity contribution < 1.29 is 14.4 Å². The van der Waals surface area contributed by atoms with Gasteiger partial charge in [-0.2, -0.15) is 0 Å². The van der Waals surface area contributed by atoms with E-state index in [2.05, 4.69) is 0 Å². The molecule has 0 bridgehead atoms. The number of Topliss-reactive ketones (excluding diaryl/α,β-unsaturated/α-hetero) is 2. The van der Waals surface area contributed by atoms with Gasteiger partial charge < -0.3 is 4.90 Å². The molecular weight excluding hydrogens is 350 g/mol. The van der Waals surface area contributed by atoms with Gasteiger partial charge in [0.25, 0.3) is 0 Å². The molecular formula is C21H20ClNO3. The van der Waals surface area contributed by atoms with E-state index in [1.54, 1.807) is 41.3 Å². The Labute approximate surface area is 157 Å². The highest BCUT2D eigenvalue weighted by Crippen LogP contribution is 2.23. The van der Waals surface area contributed by atoms with Crippen molar-refractivity contribution in [2.24, 2.45) is 0 Å². The third-order valence-corrected chi connectivity index (χ3v) is 4.92. The van der Waals surface area contributed by atoms with Crippen LogP contribution in [0.4, 0.5) is 0 Å². The molecule has 0 aliphatic carbocycles. The number of carbonyl (C=O) groups excluding carboxylic acids is 3. The normalized spacial score (nSPS) is 16.5. The average Bonchev–Trinajstić information content (AvgIpc) is 3.16. The molecule has 2 aromatic rings. The van der Waals surface area contributed by atoms with Crippen molar-refractivity contribution in [2.75, 3.05) is 6.54 Å². The van der Waals surface area contributed by atoms with Gasteiger partial charge in [-0.3, -0.25) is 14.4 Å². The number of nitrogens with zero attached hydrogens (tertiary/aromatic N) is 1. The summed E-state index contributed by atoms with van der Waals surface area (Å²) < 4.78 is 0. The molecule has 5 heteroatoms. The molecule has 0 saturated carbocycles. The van der Waals surface area contributed by atoms with Crippen molar-refractivity contribution in [1.82, 2.24) is 4.90 Å². The Balaban J connectivity index is 1.60. The molecule has 0 spiro atoms. The van der Waals surface area contributed by atoms with Crippen molar-refractivity contribution in [2.45, 2.75) is 31.7 Å². The Bertz CT molecular complexity index is 802. The first-order valence-electron chi connectivity index (χ1n) is 8.74. The number of carbonyl (C=O) groups is 3. The van der Waals surface area contributed by atoms with E-state index < -0.39 is 6.04 Å². The molecule has 1 heterocycles. The lowest BCUT2D eigenvalue weighted by atomic mass is 10.0. The minimum Gasteiger partial charge on any atom is -0.332 e. The van der Waals surface area contributed by atoms with Crippen LogP contribution in [0.5, 0.6) is 0 Å². The minimum atomic E-state index is -0.421. The fourth-order valence-corrected chi connectivity index (χ4v) is 3.40. The summed E-state index contributed by atoms with van der Waals surface area (Å²) in [6, 6.07) is 15.3. The van der Waals surface area contributed by atoms with E-state index in [0.29, 0.717) is 29.1 Å². The van der Waals surface area contributed by atoms with Crippen LogP contribution in [0.2, 0.25) is 5.02 Å². The average molecular weight is 370 g/mol. The standard InChI is InChI=1S/C21H20ClNO3/c22-17-10-8-15(9-11-17)19(24)12-13-20(25)23-14-4-7-18(23)21(26)16-5-2-1-3-6-16/h1-3,5-6,8-11,18H,4,7,12-14H2. The molecule has 26 heavy (non-hydrogen) atoms. The molecule has 4 nitrogen and oxygen atoms in total. The third kappa shape index (κ3) is 4.20. The van der Waals surface area contributed by atoms with Gasteiger partial charge in [0.2, 0.25) is 5.91 Å². The molecule has 0 radical (unpaired) electrons. The second kappa shape index (κ2) is 8.28. The van der Waals surface area contributed by atoms with Crippen molar-refractivity contribution in [3.63, 3.8) is 0 Å². The SMILES string of the molecule is O=C(CCC(=O)N1CCCC1C(=O)c1ccccc1)c1ccc(Cl)cc1. The number of halogens is 1. The van der Waals surface area contributed by atoms with Crippen molar-refractivity contribution >= 4 is 29.1 Å². The van der Waals surface area contributed by atoms with E-state index in [1.807, 2.05) is 18.2 Å². The first-order chi connectivity index (χ1) is 12.6. The minimum absolute atomic E-state index is 0.0273. The van der Waals surface area contributed by atoms with Crippen LogP contribution in [0.1, 0.15) is 46.4 Å². The van der Waals surface area contributed by atoms with Crippen LogP contribution in [0.3, 0.4) is 0 Å². The molecule has 2 aromatic carbocycles. The molecule has 1 atom stereocenters. The molecule has 1 aliphatic rings. The zero-order valence-electron chi connectivity index (χ0n) is 14.4. The van der Waals surface area contributed by atoms with Gasteiger partial charge in [0, 0.05) is 35.5 Å². The topological polar surface area (TPSA) is 54.5 Å². The first-order valence-corrected chi connectivity index (χ1v) is 9.11.